The van der Waals surface area contributed by atoms with Gasteiger partial charge in [-0.25, -0.2) is 0 Å². The molecule has 0 unspecified atom stereocenters. The van der Waals surface area contributed by atoms with E-state index in [4.69, 9.17) is 0 Å². The Labute approximate surface area is 115 Å². The average molecular weight is 335 g/mol. The fourth-order valence-electron chi connectivity index (χ4n) is 1.68. The van der Waals surface area contributed by atoms with Crippen molar-refractivity contribution in [1.82, 2.24) is 14.8 Å². The summed E-state index contributed by atoms with van der Waals surface area (Å²) in [4.78, 5) is 0. The van der Waals surface area contributed by atoms with Crippen molar-refractivity contribution in [2.75, 3.05) is 12.4 Å². The van der Waals surface area contributed by atoms with E-state index in [2.05, 4.69) is 31.4 Å². The third-order valence-electron chi connectivity index (χ3n) is 2.63. The summed E-state index contributed by atoms with van der Waals surface area (Å²) < 4.78 is 40.1. The molecule has 102 valence electrons. The normalized spacial score (nSPS) is 11.7. The van der Waals surface area contributed by atoms with Gasteiger partial charge in [-0.1, -0.05) is 22.0 Å². The molecule has 0 saturated heterocycles. The quantitative estimate of drug-likeness (QED) is 0.916. The predicted octanol–water partition coefficient (Wildman–Crippen LogP) is 3.31. The van der Waals surface area contributed by atoms with E-state index in [1.54, 1.807) is 24.7 Å². The SMILES string of the molecule is CNc1nnc(-c2ccc(Br)c(C(F)(F)F)c2)n1C. The summed E-state index contributed by atoms with van der Waals surface area (Å²) in [5.41, 5.74) is -0.383. The molecule has 0 aliphatic heterocycles. The molecule has 0 aliphatic rings. The fraction of sp³-hybridized carbons (Fsp3) is 0.273. The van der Waals surface area contributed by atoms with Crippen LogP contribution in [0.2, 0.25) is 0 Å². The van der Waals surface area contributed by atoms with Crippen molar-refractivity contribution in [2.24, 2.45) is 7.05 Å². The van der Waals surface area contributed by atoms with Crippen molar-refractivity contribution < 1.29 is 13.2 Å². The summed E-state index contributed by atoms with van der Waals surface area (Å²) in [6, 6.07) is 3.96. The number of nitrogens with zero attached hydrogens (tertiary/aromatic N) is 3. The fourth-order valence-corrected chi connectivity index (χ4v) is 2.15. The van der Waals surface area contributed by atoms with Crippen LogP contribution in [-0.2, 0) is 13.2 Å². The number of benzene rings is 1. The minimum atomic E-state index is -4.42. The molecule has 0 bridgehead atoms. The van der Waals surface area contributed by atoms with E-state index >= 15 is 0 Å². The number of hydrogen-bond donors (Lipinski definition) is 1. The van der Waals surface area contributed by atoms with E-state index in [0.717, 1.165) is 6.07 Å². The van der Waals surface area contributed by atoms with Crippen molar-refractivity contribution in [3.8, 4) is 11.4 Å². The van der Waals surface area contributed by atoms with E-state index in [0.29, 0.717) is 17.3 Å². The Bertz CT molecular complexity index is 606. The Kier molecular flexibility index (Phi) is 3.53. The van der Waals surface area contributed by atoms with Gasteiger partial charge in [-0.3, -0.25) is 4.57 Å². The molecule has 2 rings (SSSR count). The Morgan fingerprint density at radius 3 is 2.47 bits per heavy atom. The Balaban J connectivity index is 2.55. The third kappa shape index (κ3) is 2.58. The highest BCUT2D eigenvalue weighted by Crippen LogP contribution is 2.37. The van der Waals surface area contributed by atoms with Gasteiger partial charge in [0.25, 0.3) is 0 Å². The molecule has 0 radical (unpaired) electrons. The van der Waals surface area contributed by atoms with Gasteiger partial charge in [-0.05, 0) is 12.1 Å². The van der Waals surface area contributed by atoms with Crippen molar-refractivity contribution in [2.45, 2.75) is 6.18 Å². The highest BCUT2D eigenvalue weighted by atomic mass is 79.9. The molecule has 1 aromatic carbocycles. The van der Waals surface area contributed by atoms with E-state index in [-0.39, 0.29) is 4.47 Å². The number of alkyl halides is 3. The maximum Gasteiger partial charge on any atom is 0.417 e. The predicted molar refractivity (Wildman–Crippen MR) is 68.7 cm³/mol. The van der Waals surface area contributed by atoms with Crippen LogP contribution in [0.25, 0.3) is 11.4 Å². The minimum absolute atomic E-state index is 0.000224. The molecular formula is C11H10BrF3N4. The van der Waals surface area contributed by atoms with Crippen LogP contribution in [0.1, 0.15) is 5.56 Å². The molecule has 0 amide bonds. The molecular weight excluding hydrogens is 325 g/mol. The summed E-state index contributed by atoms with van der Waals surface area (Å²) in [6.45, 7) is 0. The van der Waals surface area contributed by atoms with Gasteiger partial charge >= 0.3 is 6.18 Å². The average Bonchev–Trinajstić information content (AvgIpc) is 2.70. The van der Waals surface area contributed by atoms with Crippen molar-refractivity contribution in [1.29, 1.82) is 0 Å². The Morgan fingerprint density at radius 2 is 1.95 bits per heavy atom. The first kappa shape index (κ1) is 13.9. The van der Waals surface area contributed by atoms with Crippen LogP contribution in [0, 0.1) is 0 Å². The van der Waals surface area contributed by atoms with Gasteiger partial charge in [-0.2, -0.15) is 13.2 Å². The molecule has 19 heavy (non-hydrogen) atoms. The van der Waals surface area contributed by atoms with Crippen molar-refractivity contribution in [3.63, 3.8) is 0 Å². The maximum absolute atomic E-state index is 12.8. The maximum atomic E-state index is 12.8. The lowest BCUT2D eigenvalue weighted by atomic mass is 10.1. The molecule has 8 heteroatoms. The molecule has 0 saturated carbocycles. The number of nitrogens with one attached hydrogen (secondary N) is 1. The monoisotopic (exact) mass is 334 g/mol. The summed E-state index contributed by atoms with van der Waals surface area (Å²) >= 11 is 2.90. The molecule has 2 aromatic rings. The van der Waals surface area contributed by atoms with Gasteiger partial charge in [0.15, 0.2) is 5.82 Å². The van der Waals surface area contributed by atoms with Gasteiger partial charge in [0.2, 0.25) is 5.95 Å². The van der Waals surface area contributed by atoms with Crippen LogP contribution in [0.15, 0.2) is 22.7 Å². The van der Waals surface area contributed by atoms with E-state index < -0.39 is 11.7 Å². The first-order valence-electron chi connectivity index (χ1n) is 5.29. The van der Waals surface area contributed by atoms with E-state index in [1.807, 2.05) is 0 Å². The molecule has 0 fully saturated rings. The second-order valence-corrected chi connectivity index (χ2v) is 4.70. The van der Waals surface area contributed by atoms with Crippen molar-refractivity contribution >= 4 is 21.9 Å². The first-order valence-corrected chi connectivity index (χ1v) is 6.08. The third-order valence-corrected chi connectivity index (χ3v) is 3.32. The molecule has 1 aromatic heterocycles. The van der Waals surface area contributed by atoms with Crippen LogP contribution in [-0.4, -0.2) is 21.8 Å². The highest BCUT2D eigenvalue weighted by Gasteiger charge is 2.33. The number of rotatable bonds is 2. The molecule has 1 heterocycles. The first-order chi connectivity index (χ1) is 8.84. The number of aromatic nitrogens is 3. The lowest BCUT2D eigenvalue weighted by molar-refractivity contribution is -0.138. The van der Waals surface area contributed by atoms with Gasteiger partial charge in [0, 0.05) is 24.1 Å². The zero-order valence-corrected chi connectivity index (χ0v) is 11.7. The highest BCUT2D eigenvalue weighted by molar-refractivity contribution is 9.10. The lowest BCUT2D eigenvalue weighted by Crippen LogP contribution is -2.07. The topological polar surface area (TPSA) is 42.7 Å². The summed E-state index contributed by atoms with van der Waals surface area (Å²) in [6.07, 6.45) is -4.42. The van der Waals surface area contributed by atoms with Gasteiger partial charge in [0.1, 0.15) is 0 Å². The Hall–Kier alpha value is -1.57. The van der Waals surface area contributed by atoms with Crippen LogP contribution >= 0.6 is 15.9 Å². The van der Waals surface area contributed by atoms with Crippen molar-refractivity contribution in [3.05, 3.63) is 28.2 Å². The molecule has 1 N–H and O–H groups in total. The second-order valence-electron chi connectivity index (χ2n) is 3.85. The molecule has 0 atom stereocenters. The van der Waals surface area contributed by atoms with E-state index in [1.165, 1.54) is 6.07 Å². The standard InChI is InChI=1S/C11H10BrF3N4/c1-16-10-18-17-9(19(10)2)6-3-4-8(12)7(5-6)11(13,14)15/h3-5H,1-2H3,(H,16,18). The number of hydrogen-bond acceptors (Lipinski definition) is 3. The van der Waals surface area contributed by atoms with Gasteiger partial charge < -0.3 is 5.32 Å². The van der Waals surface area contributed by atoms with E-state index in [9.17, 15) is 13.2 Å². The second kappa shape index (κ2) is 4.84. The summed E-state index contributed by atoms with van der Waals surface area (Å²) in [7, 11) is 3.34. The van der Waals surface area contributed by atoms with Crippen LogP contribution < -0.4 is 5.32 Å². The molecule has 4 nitrogen and oxygen atoms in total. The van der Waals surface area contributed by atoms with Crippen LogP contribution in [0.4, 0.5) is 19.1 Å². The number of anilines is 1. The van der Waals surface area contributed by atoms with Crippen LogP contribution in [0.3, 0.4) is 0 Å². The largest absolute Gasteiger partial charge is 0.417 e. The zero-order chi connectivity index (χ0) is 14.2. The Morgan fingerprint density at radius 1 is 1.26 bits per heavy atom. The summed E-state index contributed by atoms with van der Waals surface area (Å²) in [5, 5.41) is 10.5. The molecule has 0 spiro atoms. The number of halogens is 4. The minimum Gasteiger partial charge on any atom is -0.357 e. The van der Waals surface area contributed by atoms with Gasteiger partial charge in [-0.15, -0.1) is 10.2 Å². The van der Waals surface area contributed by atoms with Crippen LogP contribution in [0.5, 0.6) is 0 Å². The lowest BCUT2D eigenvalue weighted by Gasteiger charge is -2.11. The van der Waals surface area contributed by atoms with Gasteiger partial charge in [0.05, 0.1) is 5.56 Å². The summed E-state index contributed by atoms with van der Waals surface area (Å²) in [5.74, 6) is 0.842. The smallest absolute Gasteiger partial charge is 0.357 e. The zero-order valence-electron chi connectivity index (χ0n) is 10.1. The molecule has 0 aliphatic carbocycles.